The summed E-state index contributed by atoms with van der Waals surface area (Å²) in [4.78, 5) is 27.9. The number of hydrogen-bond acceptors (Lipinski definition) is 3. The first kappa shape index (κ1) is 19.0. The van der Waals surface area contributed by atoms with Gasteiger partial charge in [-0.1, -0.05) is 44.2 Å². The number of carbonyl (C=O) groups is 1. The van der Waals surface area contributed by atoms with E-state index in [1.54, 1.807) is 24.3 Å². The van der Waals surface area contributed by atoms with Gasteiger partial charge in [-0.05, 0) is 35.1 Å². The molecule has 0 saturated heterocycles. The molecule has 4 nitrogen and oxygen atoms in total. The number of methoxy groups -OCH3 is 1. The quantitative estimate of drug-likeness (QED) is 0.707. The van der Waals surface area contributed by atoms with E-state index >= 15 is 0 Å². The van der Waals surface area contributed by atoms with Crippen molar-refractivity contribution in [1.29, 1.82) is 0 Å². The summed E-state index contributed by atoms with van der Waals surface area (Å²) in [7, 11) is 1.46. The van der Waals surface area contributed by atoms with E-state index in [2.05, 4.69) is 4.98 Å². The maximum absolute atomic E-state index is 14.1. The van der Waals surface area contributed by atoms with Gasteiger partial charge in [0, 0.05) is 23.8 Å². The standard InChI is InChI=1S/C22H22FNO3/c1-13(2)21(20(25)12-27-3)16-9-10-19(24-22(16)26)15-8-7-14-5-4-6-18(23)17(14)11-15/h4-11,13,21H,12H2,1-3H3,(H,24,26). The highest BCUT2D eigenvalue weighted by atomic mass is 19.1. The lowest BCUT2D eigenvalue weighted by molar-refractivity contribution is -0.125. The van der Waals surface area contributed by atoms with Crippen molar-refractivity contribution in [2.75, 3.05) is 13.7 Å². The normalized spacial score (nSPS) is 12.5. The number of H-pyrrole nitrogens is 1. The minimum atomic E-state index is -0.531. The molecule has 0 bridgehead atoms. The summed E-state index contributed by atoms with van der Waals surface area (Å²) in [6, 6.07) is 13.7. The van der Waals surface area contributed by atoms with E-state index in [0.29, 0.717) is 22.2 Å². The van der Waals surface area contributed by atoms with Crippen LogP contribution in [0.2, 0.25) is 0 Å². The summed E-state index contributed by atoms with van der Waals surface area (Å²) < 4.78 is 19.0. The van der Waals surface area contributed by atoms with Crippen LogP contribution in [0.5, 0.6) is 0 Å². The smallest absolute Gasteiger partial charge is 0.252 e. The van der Waals surface area contributed by atoms with Gasteiger partial charge in [0.1, 0.15) is 12.4 Å². The molecule has 0 amide bonds. The molecule has 1 N–H and O–H groups in total. The third kappa shape index (κ3) is 3.83. The number of nitrogens with one attached hydrogen (secondary N) is 1. The van der Waals surface area contributed by atoms with Gasteiger partial charge in [-0.15, -0.1) is 0 Å². The van der Waals surface area contributed by atoms with Gasteiger partial charge in [-0.25, -0.2) is 4.39 Å². The Bertz CT molecular complexity index is 1040. The summed E-state index contributed by atoms with van der Waals surface area (Å²) >= 11 is 0. The summed E-state index contributed by atoms with van der Waals surface area (Å²) in [5.74, 6) is -0.997. The number of halogens is 1. The molecule has 1 atom stereocenters. The number of benzene rings is 2. The highest BCUT2D eigenvalue weighted by Gasteiger charge is 2.26. The lowest BCUT2D eigenvalue weighted by atomic mass is 9.85. The van der Waals surface area contributed by atoms with Gasteiger partial charge >= 0.3 is 0 Å². The molecule has 27 heavy (non-hydrogen) atoms. The average molecular weight is 367 g/mol. The Morgan fingerprint density at radius 3 is 2.59 bits per heavy atom. The maximum atomic E-state index is 14.1. The predicted molar refractivity (Wildman–Crippen MR) is 104 cm³/mol. The third-order valence-corrected chi connectivity index (χ3v) is 4.72. The minimum Gasteiger partial charge on any atom is -0.377 e. The molecule has 0 aliphatic rings. The lowest BCUT2D eigenvalue weighted by Crippen LogP contribution is -2.28. The highest BCUT2D eigenvalue weighted by molar-refractivity contribution is 5.88. The van der Waals surface area contributed by atoms with Gasteiger partial charge < -0.3 is 9.72 Å². The van der Waals surface area contributed by atoms with Crippen molar-refractivity contribution in [3.8, 4) is 11.3 Å². The Balaban J connectivity index is 2.03. The summed E-state index contributed by atoms with van der Waals surface area (Å²) in [5.41, 5.74) is 1.39. The zero-order valence-corrected chi connectivity index (χ0v) is 15.6. The second kappa shape index (κ2) is 7.84. The summed E-state index contributed by atoms with van der Waals surface area (Å²) in [5, 5.41) is 1.29. The first-order chi connectivity index (χ1) is 12.9. The van der Waals surface area contributed by atoms with Crippen LogP contribution in [0.3, 0.4) is 0 Å². The van der Waals surface area contributed by atoms with Crippen LogP contribution in [-0.4, -0.2) is 24.5 Å². The van der Waals surface area contributed by atoms with Crippen LogP contribution in [-0.2, 0) is 9.53 Å². The van der Waals surface area contributed by atoms with Gasteiger partial charge in [0.25, 0.3) is 5.56 Å². The fourth-order valence-electron chi connectivity index (χ4n) is 3.44. The Morgan fingerprint density at radius 2 is 1.93 bits per heavy atom. The molecule has 1 heterocycles. The van der Waals surface area contributed by atoms with Crippen LogP contribution in [0.1, 0.15) is 25.3 Å². The molecule has 0 radical (unpaired) electrons. The van der Waals surface area contributed by atoms with Crippen molar-refractivity contribution in [3.63, 3.8) is 0 Å². The van der Waals surface area contributed by atoms with E-state index in [1.165, 1.54) is 13.2 Å². The third-order valence-electron chi connectivity index (χ3n) is 4.72. The van der Waals surface area contributed by atoms with Crippen LogP contribution in [0.4, 0.5) is 4.39 Å². The van der Waals surface area contributed by atoms with E-state index in [0.717, 1.165) is 5.39 Å². The molecular weight excluding hydrogens is 345 g/mol. The number of fused-ring (bicyclic) bond motifs is 1. The monoisotopic (exact) mass is 367 g/mol. The van der Waals surface area contributed by atoms with E-state index in [1.807, 2.05) is 32.0 Å². The minimum absolute atomic E-state index is 0.0330. The van der Waals surface area contributed by atoms with E-state index in [4.69, 9.17) is 4.74 Å². The molecule has 3 aromatic rings. The average Bonchev–Trinajstić information content (AvgIpc) is 2.63. The molecule has 1 aromatic heterocycles. The zero-order valence-electron chi connectivity index (χ0n) is 15.6. The van der Waals surface area contributed by atoms with Crippen LogP contribution in [0.15, 0.2) is 53.3 Å². The lowest BCUT2D eigenvalue weighted by Gasteiger charge is -2.19. The molecule has 140 valence electrons. The topological polar surface area (TPSA) is 59.2 Å². The van der Waals surface area contributed by atoms with Crippen molar-refractivity contribution in [1.82, 2.24) is 4.98 Å². The van der Waals surface area contributed by atoms with Gasteiger partial charge in [0.2, 0.25) is 0 Å². The van der Waals surface area contributed by atoms with Crippen LogP contribution in [0.25, 0.3) is 22.0 Å². The number of carbonyl (C=O) groups excluding carboxylic acids is 1. The van der Waals surface area contributed by atoms with Gasteiger partial charge in [-0.3, -0.25) is 9.59 Å². The van der Waals surface area contributed by atoms with E-state index < -0.39 is 5.92 Å². The largest absolute Gasteiger partial charge is 0.377 e. The Morgan fingerprint density at radius 1 is 1.15 bits per heavy atom. The van der Waals surface area contributed by atoms with Crippen molar-refractivity contribution in [2.24, 2.45) is 5.92 Å². The summed E-state index contributed by atoms with van der Waals surface area (Å²) in [6.07, 6.45) is 0. The van der Waals surface area contributed by atoms with Gasteiger partial charge in [0.15, 0.2) is 5.78 Å². The van der Waals surface area contributed by atoms with Crippen LogP contribution in [0, 0.1) is 11.7 Å². The first-order valence-corrected chi connectivity index (χ1v) is 8.86. The van der Waals surface area contributed by atoms with Crippen molar-refractivity contribution in [2.45, 2.75) is 19.8 Å². The number of aromatic nitrogens is 1. The number of ketones is 1. The van der Waals surface area contributed by atoms with Crippen molar-refractivity contribution in [3.05, 3.63) is 70.3 Å². The molecular formula is C22H22FNO3. The Labute approximate surface area is 157 Å². The first-order valence-electron chi connectivity index (χ1n) is 8.86. The molecule has 3 rings (SSSR count). The summed E-state index contributed by atoms with van der Waals surface area (Å²) in [6.45, 7) is 3.77. The second-order valence-electron chi connectivity index (χ2n) is 6.95. The molecule has 5 heteroatoms. The Kier molecular flexibility index (Phi) is 5.51. The maximum Gasteiger partial charge on any atom is 0.252 e. The fraction of sp³-hybridized carbons (Fsp3) is 0.273. The molecule has 1 unspecified atom stereocenters. The van der Waals surface area contributed by atoms with E-state index in [9.17, 15) is 14.0 Å². The predicted octanol–water partition coefficient (Wildman–Crippen LogP) is 4.29. The van der Waals surface area contributed by atoms with Crippen LogP contribution >= 0.6 is 0 Å². The number of Topliss-reactive ketones (excluding diaryl/α,β-unsaturated/α-hetero) is 1. The number of rotatable bonds is 6. The molecule has 0 aliphatic carbocycles. The van der Waals surface area contributed by atoms with E-state index in [-0.39, 0.29) is 29.7 Å². The van der Waals surface area contributed by atoms with Gasteiger partial charge in [-0.2, -0.15) is 0 Å². The molecule has 2 aromatic carbocycles. The molecule has 0 saturated carbocycles. The fourth-order valence-corrected chi connectivity index (χ4v) is 3.44. The molecule has 0 fully saturated rings. The number of hydrogen-bond donors (Lipinski definition) is 1. The van der Waals surface area contributed by atoms with Crippen LogP contribution < -0.4 is 5.56 Å². The second-order valence-corrected chi connectivity index (χ2v) is 6.95. The van der Waals surface area contributed by atoms with Gasteiger partial charge in [0.05, 0.1) is 5.92 Å². The SMILES string of the molecule is COCC(=O)C(c1ccc(-c2ccc3cccc(F)c3c2)[nH]c1=O)C(C)C. The number of pyridine rings is 1. The number of ether oxygens (including phenoxy) is 1. The molecule has 0 aliphatic heterocycles. The van der Waals surface area contributed by atoms with Crippen molar-refractivity contribution >= 4 is 16.6 Å². The highest BCUT2D eigenvalue weighted by Crippen LogP contribution is 2.27. The zero-order chi connectivity index (χ0) is 19.6. The number of aromatic amines is 1. The Hall–Kier alpha value is -2.79. The molecule has 0 spiro atoms. The van der Waals surface area contributed by atoms with Crippen molar-refractivity contribution < 1.29 is 13.9 Å².